The topological polar surface area (TPSA) is 29.9 Å². The van der Waals surface area contributed by atoms with Gasteiger partial charge in [-0.05, 0) is 31.0 Å². The summed E-state index contributed by atoms with van der Waals surface area (Å²) in [4.78, 5) is 5.52. The molecule has 2 aromatic heterocycles. The highest BCUT2D eigenvalue weighted by molar-refractivity contribution is 7.13. The highest BCUT2D eigenvalue weighted by Crippen LogP contribution is 2.24. The van der Waals surface area contributed by atoms with Crippen LogP contribution in [0.5, 0.6) is 0 Å². The molecule has 2 aromatic rings. The second-order valence-electron chi connectivity index (χ2n) is 3.66. The van der Waals surface area contributed by atoms with Gasteiger partial charge in [-0.15, -0.1) is 11.3 Å². The highest BCUT2D eigenvalue weighted by atomic mass is 32.1. The molecule has 16 heavy (non-hydrogen) atoms. The number of aromatic nitrogens is 2. The standard InChI is InChI=1S/C12H17N3S/c1-2-13-6-4-7-15-10-14-9-11(15)12-5-3-8-16-12/h3,5,8-10,13H,2,4,6-7H2,1H3. The van der Waals surface area contributed by atoms with Crippen molar-refractivity contribution in [1.29, 1.82) is 0 Å². The molecule has 0 aliphatic rings. The summed E-state index contributed by atoms with van der Waals surface area (Å²) in [5.41, 5.74) is 1.23. The van der Waals surface area contributed by atoms with E-state index >= 15 is 0 Å². The van der Waals surface area contributed by atoms with Crippen LogP contribution >= 0.6 is 11.3 Å². The van der Waals surface area contributed by atoms with Gasteiger partial charge in [0.2, 0.25) is 0 Å². The first-order valence-corrected chi connectivity index (χ1v) is 6.54. The maximum atomic E-state index is 4.23. The van der Waals surface area contributed by atoms with E-state index in [-0.39, 0.29) is 0 Å². The number of nitrogens with zero attached hydrogens (tertiary/aromatic N) is 2. The lowest BCUT2D eigenvalue weighted by molar-refractivity contribution is 0.595. The number of hydrogen-bond acceptors (Lipinski definition) is 3. The first-order valence-electron chi connectivity index (χ1n) is 5.66. The molecule has 2 heterocycles. The van der Waals surface area contributed by atoms with Gasteiger partial charge in [0.1, 0.15) is 0 Å². The van der Waals surface area contributed by atoms with Crippen LogP contribution in [-0.2, 0) is 6.54 Å². The van der Waals surface area contributed by atoms with E-state index in [9.17, 15) is 0 Å². The van der Waals surface area contributed by atoms with Crippen molar-refractivity contribution in [2.24, 2.45) is 0 Å². The van der Waals surface area contributed by atoms with Gasteiger partial charge in [-0.25, -0.2) is 4.98 Å². The Labute approximate surface area is 100 Å². The molecule has 0 spiro atoms. The van der Waals surface area contributed by atoms with Crippen molar-refractivity contribution in [3.8, 4) is 10.6 Å². The Morgan fingerprint density at radius 2 is 2.44 bits per heavy atom. The van der Waals surface area contributed by atoms with Crippen molar-refractivity contribution in [3.05, 3.63) is 30.0 Å². The number of rotatable bonds is 6. The summed E-state index contributed by atoms with van der Waals surface area (Å²) in [5, 5.41) is 5.44. The fourth-order valence-corrected chi connectivity index (χ4v) is 2.43. The van der Waals surface area contributed by atoms with E-state index in [4.69, 9.17) is 0 Å². The summed E-state index contributed by atoms with van der Waals surface area (Å²) in [5.74, 6) is 0. The second kappa shape index (κ2) is 5.82. The third-order valence-electron chi connectivity index (χ3n) is 2.49. The molecule has 0 saturated carbocycles. The molecule has 3 nitrogen and oxygen atoms in total. The monoisotopic (exact) mass is 235 g/mol. The number of aryl methyl sites for hydroxylation is 1. The van der Waals surface area contributed by atoms with Gasteiger partial charge in [-0.1, -0.05) is 13.0 Å². The van der Waals surface area contributed by atoms with Crippen molar-refractivity contribution >= 4 is 11.3 Å². The van der Waals surface area contributed by atoms with E-state index in [2.05, 4.69) is 39.3 Å². The minimum atomic E-state index is 1.03. The average molecular weight is 235 g/mol. The molecule has 0 fully saturated rings. The molecule has 0 aromatic carbocycles. The summed E-state index contributed by atoms with van der Waals surface area (Å²) in [6.45, 7) is 5.27. The van der Waals surface area contributed by atoms with Gasteiger partial charge in [-0.3, -0.25) is 0 Å². The van der Waals surface area contributed by atoms with Crippen LogP contribution in [0.15, 0.2) is 30.0 Å². The summed E-state index contributed by atoms with van der Waals surface area (Å²) in [6, 6.07) is 4.22. The predicted octanol–water partition coefficient (Wildman–Crippen LogP) is 2.61. The minimum Gasteiger partial charge on any atom is -0.330 e. The van der Waals surface area contributed by atoms with Crippen LogP contribution in [0.25, 0.3) is 10.6 Å². The fourth-order valence-electron chi connectivity index (χ4n) is 1.68. The third kappa shape index (κ3) is 2.71. The van der Waals surface area contributed by atoms with Gasteiger partial charge in [0.05, 0.1) is 23.1 Å². The summed E-state index contributed by atoms with van der Waals surface area (Å²) >= 11 is 1.76. The van der Waals surface area contributed by atoms with E-state index in [1.54, 1.807) is 11.3 Å². The fraction of sp³-hybridized carbons (Fsp3) is 0.417. The normalized spacial score (nSPS) is 10.8. The van der Waals surface area contributed by atoms with Crippen molar-refractivity contribution in [3.63, 3.8) is 0 Å². The van der Waals surface area contributed by atoms with E-state index < -0.39 is 0 Å². The maximum absolute atomic E-state index is 4.23. The van der Waals surface area contributed by atoms with Crippen LogP contribution in [0.1, 0.15) is 13.3 Å². The minimum absolute atomic E-state index is 1.03. The Morgan fingerprint density at radius 1 is 1.50 bits per heavy atom. The smallest absolute Gasteiger partial charge is 0.0951 e. The molecule has 0 saturated heterocycles. The highest BCUT2D eigenvalue weighted by Gasteiger charge is 2.04. The molecule has 0 amide bonds. The van der Waals surface area contributed by atoms with E-state index in [0.29, 0.717) is 0 Å². The van der Waals surface area contributed by atoms with E-state index in [1.807, 2.05) is 12.5 Å². The molecule has 0 aliphatic heterocycles. The van der Waals surface area contributed by atoms with Gasteiger partial charge in [-0.2, -0.15) is 0 Å². The van der Waals surface area contributed by atoms with Gasteiger partial charge < -0.3 is 9.88 Å². The molecular formula is C12H17N3S. The first-order chi connectivity index (χ1) is 7.92. The SMILES string of the molecule is CCNCCCn1cncc1-c1cccs1. The van der Waals surface area contributed by atoms with E-state index in [1.165, 1.54) is 10.6 Å². The molecule has 0 bridgehead atoms. The Balaban J connectivity index is 1.97. The average Bonchev–Trinajstić information content (AvgIpc) is 2.94. The third-order valence-corrected chi connectivity index (χ3v) is 3.38. The zero-order valence-electron chi connectivity index (χ0n) is 9.52. The van der Waals surface area contributed by atoms with Gasteiger partial charge >= 0.3 is 0 Å². The molecule has 0 atom stereocenters. The Morgan fingerprint density at radius 3 is 3.19 bits per heavy atom. The van der Waals surface area contributed by atoms with Gasteiger partial charge in [0, 0.05) is 6.54 Å². The van der Waals surface area contributed by atoms with Crippen LogP contribution in [0.3, 0.4) is 0 Å². The predicted molar refractivity (Wildman–Crippen MR) is 68.7 cm³/mol. The molecule has 2 rings (SSSR count). The molecule has 86 valence electrons. The molecular weight excluding hydrogens is 218 g/mol. The van der Waals surface area contributed by atoms with Crippen LogP contribution in [0, 0.1) is 0 Å². The summed E-state index contributed by atoms with van der Waals surface area (Å²) in [6.07, 6.45) is 5.00. The Kier molecular flexibility index (Phi) is 4.13. The van der Waals surface area contributed by atoms with Crippen molar-refractivity contribution < 1.29 is 0 Å². The lowest BCUT2D eigenvalue weighted by Crippen LogP contribution is -2.15. The molecule has 0 unspecified atom stereocenters. The first kappa shape index (κ1) is 11.4. The van der Waals surface area contributed by atoms with E-state index in [0.717, 1.165) is 26.1 Å². The Hall–Kier alpha value is -1.13. The largest absolute Gasteiger partial charge is 0.330 e. The molecule has 4 heteroatoms. The van der Waals surface area contributed by atoms with Gasteiger partial charge in [0.15, 0.2) is 0 Å². The van der Waals surface area contributed by atoms with Gasteiger partial charge in [0.25, 0.3) is 0 Å². The number of imidazole rings is 1. The zero-order valence-corrected chi connectivity index (χ0v) is 10.3. The Bertz CT molecular complexity index is 406. The van der Waals surface area contributed by atoms with Crippen LogP contribution < -0.4 is 5.32 Å². The summed E-state index contributed by atoms with van der Waals surface area (Å²) < 4.78 is 2.23. The lowest BCUT2D eigenvalue weighted by atomic mass is 10.3. The number of thiophene rings is 1. The lowest BCUT2D eigenvalue weighted by Gasteiger charge is -2.06. The van der Waals surface area contributed by atoms with Crippen LogP contribution in [0.2, 0.25) is 0 Å². The summed E-state index contributed by atoms with van der Waals surface area (Å²) in [7, 11) is 0. The molecule has 0 aliphatic carbocycles. The van der Waals surface area contributed by atoms with Crippen molar-refractivity contribution in [2.75, 3.05) is 13.1 Å². The zero-order chi connectivity index (χ0) is 11.2. The maximum Gasteiger partial charge on any atom is 0.0951 e. The van der Waals surface area contributed by atoms with Crippen molar-refractivity contribution in [1.82, 2.24) is 14.9 Å². The quantitative estimate of drug-likeness (QED) is 0.780. The molecule has 1 N–H and O–H groups in total. The van der Waals surface area contributed by atoms with Crippen molar-refractivity contribution in [2.45, 2.75) is 19.9 Å². The van der Waals surface area contributed by atoms with Crippen LogP contribution in [-0.4, -0.2) is 22.6 Å². The van der Waals surface area contributed by atoms with Crippen LogP contribution in [0.4, 0.5) is 0 Å². The number of hydrogen-bond donors (Lipinski definition) is 1. The number of nitrogens with one attached hydrogen (secondary N) is 1. The second-order valence-corrected chi connectivity index (χ2v) is 4.60. The molecule has 0 radical (unpaired) electrons.